The van der Waals surface area contributed by atoms with E-state index in [0.717, 1.165) is 31.4 Å². The highest BCUT2D eigenvalue weighted by Gasteiger charge is 2.46. The second kappa shape index (κ2) is 6.40. The molecule has 3 unspecified atom stereocenters. The highest BCUT2D eigenvalue weighted by molar-refractivity contribution is 5.84. The number of piperidine rings is 2. The Morgan fingerprint density at radius 3 is 2.62 bits per heavy atom. The summed E-state index contributed by atoms with van der Waals surface area (Å²) in [5, 5.41) is 9.87. The summed E-state index contributed by atoms with van der Waals surface area (Å²) >= 11 is 0. The lowest BCUT2D eigenvalue weighted by Crippen LogP contribution is -2.54. The molecule has 0 aromatic heterocycles. The molecule has 3 fully saturated rings. The molecular formula is C21H23NO2. The van der Waals surface area contributed by atoms with Crippen LogP contribution in [0.25, 0.3) is 0 Å². The number of benzene rings is 2. The minimum absolute atomic E-state index is 0.0765. The SMILES string of the molecule is O=C1CC2CCC1C(c1cccc(O)c1)N2CCc1ccccc1. The Morgan fingerprint density at radius 2 is 1.88 bits per heavy atom. The Bertz CT molecular complexity index is 728. The van der Waals surface area contributed by atoms with Crippen molar-refractivity contribution < 1.29 is 9.90 Å². The molecule has 1 saturated carbocycles. The van der Waals surface area contributed by atoms with Crippen LogP contribution in [0.15, 0.2) is 54.6 Å². The molecule has 2 aromatic carbocycles. The van der Waals surface area contributed by atoms with E-state index in [1.807, 2.05) is 24.3 Å². The number of rotatable bonds is 4. The first-order valence-electron chi connectivity index (χ1n) is 8.83. The Kier molecular flexibility index (Phi) is 4.11. The Morgan fingerprint density at radius 1 is 1.04 bits per heavy atom. The normalized spacial score (nSPS) is 26.7. The molecule has 3 aliphatic rings. The third kappa shape index (κ3) is 2.84. The van der Waals surface area contributed by atoms with Crippen molar-refractivity contribution in [3.8, 4) is 5.75 Å². The van der Waals surface area contributed by atoms with E-state index in [9.17, 15) is 9.90 Å². The minimum Gasteiger partial charge on any atom is -0.508 e. The standard InChI is InChI=1S/C21H23NO2/c23-18-8-4-7-16(13-18)21-19-10-9-17(14-20(19)24)22(21)12-11-15-5-2-1-3-6-15/h1-8,13,17,19,21,23H,9-12,14H2. The van der Waals surface area contributed by atoms with Crippen LogP contribution in [-0.2, 0) is 11.2 Å². The Balaban J connectivity index is 1.61. The summed E-state index contributed by atoms with van der Waals surface area (Å²) in [6, 6.07) is 18.4. The van der Waals surface area contributed by atoms with E-state index in [-0.39, 0.29) is 17.7 Å². The average Bonchev–Trinajstić information content (AvgIpc) is 2.61. The third-order valence-corrected chi connectivity index (χ3v) is 5.58. The molecule has 3 atom stereocenters. The van der Waals surface area contributed by atoms with Crippen LogP contribution in [0, 0.1) is 5.92 Å². The van der Waals surface area contributed by atoms with Gasteiger partial charge in [-0.25, -0.2) is 0 Å². The van der Waals surface area contributed by atoms with Gasteiger partial charge in [0.2, 0.25) is 0 Å². The van der Waals surface area contributed by atoms with E-state index >= 15 is 0 Å². The maximum Gasteiger partial charge on any atom is 0.139 e. The number of carbonyl (C=O) groups excluding carboxylic acids is 1. The molecule has 1 aliphatic carbocycles. The highest BCUT2D eigenvalue weighted by atomic mass is 16.3. The van der Waals surface area contributed by atoms with Crippen molar-refractivity contribution >= 4 is 5.78 Å². The zero-order valence-electron chi connectivity index (χ0n) is 13.8. The van der Waals surface area contributed by atoms with Crippen molar-refractivity contribution in [2.24, 2.45) is 5.92 Å². The van der Waals surface area contributed by atoms with Gasteiger partial charge >= 0.3 is 0 Å². The summed E-state index contributed by atoms with van der Waals surface area (Å²) in [5.74, 6) is 0.757. The molecule has 124 valence electrons. The Labute approximate surface area is 142 Å². The lowest BCUT2D eigenvalue weighted by Gasteiger charge is -2.51. The molecule has 24 heavy (non-hydrogen) atoms. The van der Waals surface area contributed by atoms with Gasteiger partial charge in [0.25, 0.3) is 0 Å². The van der Waals surface area contributed by atoms with Crippen LogP contribution < -0.4 is 0 Å². The minimum atomic E-state index is 0.0765. The number of fused-ring (bicyclic) bond motifs is 3. The van der Waals surface area contributed by atoms with E-state index in [2.05, 4.69) is 29.2 Å². The monoisotopic (exact) mass is 321 g/mol. The van der Waals surface area contributed by atoms with E-state index < -0.39 is 0 Å². The molecule has 0 radical (unpaired) electrons. The van der Waals surface area contributed by atoms with Gasteiger partial charge in [0, 0.05) is 31.0 Å². The molecule has 3 nitrogen and oxygen atoms in total. The van der Waals surface area contributed by atoms with Crippen LogP contribution in [0.5, 0.6) is 5.75 Å². The topological polar surface area (TPSA) is 40.5 Å². The zero-order valence-corrected chi connectivity index (χ0v) is 13.8. The van der Waals surface area contributed by atoms with Crippen molar-refractivity contribution in [1.29, 1.82) is 0 Å². The number of phenolic OH excluding ortho intramolecular Hbond substituents is 1. The van der Waals surface area contributed by atoms with Crippen LogP contribution in [0.1, 0.15) is 36.4 Å². The van der Waals surface area contributed by atoms with Crippen molar-refractivity contribution in [2.75, 3.05) is 6.54 Å². The van der Waals surface area contributed by atoms with Gasteiger partial charge in [0.15, 0.2) is 0 Å². The molecule has 0 amide bonds. The number of hydrogen-bond acceptors (Lipinski definition) is 3. The maximum atomic E-state index is 12.5. The number of carbonyl (C=O) groups is 1. The summed E-state index contributed by atoms with van der Waals surface area (Å²) < 4.78 is 0. The second-order valence-corrected chi connectivity index (χ2v) is 7.02. The van der Waals surface area contributed by atoms with Crippen LogP contribution in [-0.4, -0.2) is 28.4 Å². The van der Waals surface area contributed by atoms with Gasteiger partial charge in [-0.15, -0.1) is 0 Å². The van der Waals surface area contributed by atoms with E-state index in [4.69, 9.17) is 0 Å². The van der Waals surface area contributed by atoms with Gasteiger partial charge in [-0.2, -0.15) is 0 Å². The van der Waals surface area contributed by atoms with Crippen LogP contribution >= 0.6 is 0 Å². The van der Waals surface area contributed by atoms with Gasteiger partial charge in [0.05, 0.1) is 0 Å². The number of aromatic hydroxyl groups is 1. The molecule has 2 bridgehead atoms. The zero-order chi connectivity index (χ0) is 16.5. The van der Waals surface area contributed by atoms with E-state index in [1.54, 1.807) is 6.07 Å². The van der Waals surface area contributed by atoms with Crippen molar-refractivity contribution in [3.63, 3.8) is 0 Å². The molecule has 1 N–H and O–H groups in total. The van der Waals surface area contributed by atoms with Gasteiger partial charge in [-0.1, -0.05) is 42.5 Å². The molecule has 2 aromatic rings. The predicted molar refractivity (Wildman–Crippen MR) is 93.8 cm³/mol. The first kappa shape index (κ1) is 15.4. The number of Topliss-reactive ketones (excluding diaryl/α,β-unsaturated/α-hetero) is 1. The number of ketones is 1. The van der Waals surface area contributed by atoms with Crippen LogP contribution in [0.2, 0.25) is 0 Å². The van der Waals surface area contributed by atoms with Crippen LogP contribution in [0.3, 0.4) is 0 Å². The van der Waals surface area contributed by atoms with Crippen molar-refractivity contribution in [1.82, 2.24) is 4.90 Å². The maximum absolute atomic E-state index is 12.5. The fourth-order valence-corrected chi connectivity index (χ4v) is 4.45. The molecule has 0 spiro atoms. The van der Waals surface area contributed by atoms with Gasteiger partial charge < -0.3 is 5.11 Å². The summed E-state index contributed by atoms with van der Waals surface area (Å²) in [4.78, 5) is 15.0. The second-order valence-electron chi connectivity index (χ2n) is 7.02. The lowest BCUT2D eigenvalue weighted by molar-refractivity contribution is -0.138. The third-order valence-electron chi connectivity index (χ3n) is 5.58. The molecule has 3 heteroatoms. The van der Waals surface area contributed by atoms with Crippen LogP contribution in [0.4, 0.5) is 0 Å². The summed E-state index contributed by atoms with van der Waals surface area (Å²) in [5.41, 5.74) is 2.41. The van der Waals surface area contributed by atoms with Gasteiger partial charge in [0.1, 0.15) is 11.5 Å². The fourth-order valence-electron chi connectivity index (χ4n) is 4.45. The largest absolute Gasteiger partial charge is 0.508 e. The predicted octanol–water partition coefficient (Wildman–Crippen LogP) is 3.73. The summed E-state index contributed by atoms with van der Waals surface area (Å²) in [6.07, 6.45) is 3.77. The fraction of sp³-hybridized carbons (Fsp3) is 0.381. The van der Waals surface area contributed by atoms with Crippen molar-refractivity contribution in [3.05, 3.63) is 65.7 Å². The molecular weight excluding hydrogens is 298 g/mol. The van der Waals surface area contributed by atoms with E-state index in [1.165, 1.54) is 5.56 Å². The first-order valence-corrected chi connectivity index (χ1v) is 8.83. The number of hydrogen-bond donors (Lipinski definition) is 1. The number of phenols is 1. The summed E-state index contributed by atoms with van der Waals surface area (Å²) in [6.45, 7) is 0.957. The van der Waals surface area contributed by atoms with Gasteiger partial charge in [-0.3, -0.25) is 9.69 Å². The Hall–Kier alpha value is -2.13. The van der Waals surface area contributed by atoms with E-state index in [0.29, 0.717) is 18.2 Å². The summed E-state index contributed by atoms with van der Waals surface area (Å²) in [7, 11) is 0. The average molecular weight is 321 g/mol. The lowest BCUT2D eigenvalue weighted by atomic mass is 9.71. The molecule has 5 rings (SSSR count). The quantitative estimate of drug-likeness (QED) is 0.933. The smallest absolute Gasteiger partial charge is 0.139 e. The number of nitrogens with zero attached hydrogens (tertiary/aromatic N) is 1. The molecule has 2 aliphatic heterocycles. The molecule has 2 heterocycles. The van der Waals surface area contributed by atoms with Gasteiger partial charge in [-0.05, 0) is 42.5 Å². The molecule has 2 saturated heterocycles. The first-order chi connectivity index (χ1) is 11.7. The van der Waals surface area contributed by atoms with Crippen molar-refractivity contribution in [2.45, 2.75) is 37.8 Å². The highest BCUT2D eigenvalue weighted by Crippen LogP contribution is 2.46.